The Kier molecular flexibility index (Phi) is 4.50. The summed E-state index contributed by atoms with van der Waals surface area (Å²) in [5, 5.41) is 10.5. The highest BCUT2D eigenvalue weighted by Crippen LogP contribution is 2.33. The molecular weight excluding hydrogens is 348 g/mol. The van der Waals surface area contributed by atoms with Crippen molar-refractivity contribution in [1.29, 1.82) is 0 Å². The van der Waals surface area contributed by atoms with Crippen LogP contribution in [-0.2, 0) is 11.2 Å². The van der Waals surface area contributed by atoms with Crippen LogP contribution in [0.2, 0.25) is 0 Å². The minimum atomic E-state index is -0.255. The Morgan fingerprint density at radius 3 is 2.92 bits per heavy atom. The van der Waals surface area contributed by atoms with Gasteiger partial charge in [-0.15, -0.1) is 10.2 Å². The van der Waals surface area contributed by atoms with E-state index in [2.05, 4.69) is 25.5 Å². The van der Waals surface area contributed by atoms with Gasteiger partial charge < -0.3 is 5.73 Å². The summed E-state index contributed by atoms with van der Waals surface area (Å²) in [5.41, 5.74) is 6.59. The van der Waals surface area contributed by atoms with Crippen molar-refractivity contribution in [2.75, 3.05) is 16.8 Å². The van der Waals surface area contributed by atoms with Crippen LogP contribution in [0.25, 0.3) is 0 Å². The van der Waals surface area contributed by atoms with Gasteiger partial charge in [-0.25, -0.2) is 9.97 Å². The molecule has 3 rings (SSSR count). The van der Waals surface area contributed by atoms with Gasteiger partial charge in [0, 0.05) is 12.6 Å². The van der Waals surface area contributed by atoms with Gasteiger partial charge in [-0.05, 0) is 11.8 Å². The van der Waals surface area contributed by atoms with Crippen molar-refractivity contribution in [3.05, 3.63) is 17.5 Å². The zero-order valence-electron chi connectivity index (χ0n) is 13.2. The first kappa shape index (κ1) is 16.8. The fourth-order valence-electron chi connectivity index (χ4n) is 2.46. The van der Waals surface area contributed by atoms with Gasteiger partial charge in [0.2, 0.25) is 17.0 Å². The molecule has 8 nitrogen and oxygen atoms in total. The minimum absolute atomic E-state index is 0.0449. The number of nitrogens with one attached hydrogen (secondary N) is 1. The molecule has 0 unspecified atom stereocenters. The minimum Gasteiger partial charge on any atom is -0.374 e. The smallest absolute Gasteiger partial charge is 0.237 e. The Labute approximate surface area is 146 Å². The Morgan fingerprint density at radius 2 is 2.21 bits per heavy atom. The summed E-state index contributed by atoms with van der Waals surface area (Å²) in [4.78, 5) is 32.5. The number of amides is 1. The van der Waals surface area contributed by atoms with Gasteiger partial charge in [0.05, 0.1) is 17.0 Å². The number of rotatable bonds is 4. The molecule has 0 saturated carbocycles. The Hall–Kier alpha value is -2.07. The van der Waals surface area contributed by atoms with Crippen molar-refractivity contribution >= 4 is 45.9 Å². The normalized spacial score (nSPS) is 15.8. The van der Waals surface area contributed by atoms with Gasteiger partial charge in [-0.1, -0.05) is 36.9 Å². The van der Waals surface area contributed by atoms with Crippen LogP contribution < -0.4 is 11.1 Å². The van der Waals surface area contributed by atoms with Crippen molar-refractivity contribution in [3.63, 3.8) is 0 Å². The molecule has 0 aliphatic heterocycles. The predicted molar refractivity (Wildman–Crippen MR) is 92.1 cm³/mol. The lowest BCUT2D eigenvalue weighted by Crippen LogP contribution is -2.28. The number of aromatic nitrogens is 4. The van der Waals surface area contributed by atoms with E-state index in [4.69, 9.17) is 5.73 Å². The molecule has 24 heavy (non-hydrogen) atoms. The average molecular weight is 364 g/mol. The maximum absolute atomic E-state index is 12.1. The zero-order chi connectivity index (χ0) is 17.3. The maximum atomic E-state index is 12.1. The second-order valence-corrected chi connectivity index (χ2v) is 8.47. The zero-order valence-corrected chi connectivity index (χ0v) is 14.8. The van der Waals surface area contributed by atoms with Crippen LogP contribution in [0.5, 0.6) is 0 Å². The monoisotopic (exact) mass is 364 g/mol. The van der Waals surface area contributed by atoms with Gasteiger partial charge >= 0.3 is 0 Å². The fourth-order valence-corrected chi connectivity index (χ4v) is 3.89. The molecule has 0 aromatic carbocycles. The van der Waals surface area contributed by atoms with Crippen molar-refractivity contribution in [2.45, 2.75) is 31.0 Å². The lowest BCUT2D eigenvalue weighted by molar-refractivity contribution is -0.113. The number of thioether (sulfide) groups is 1. The van der Waals surface area contributed by atoms with E-state index in [0.717, 1.165) is 0 Å². The van der Waals surface area contributed by atoms with Crippen LogP contribution in [0.3, 0.4) is 0 Å². The van der Waals surface area contributed by atoms with Crippen LogP contribution in [0, 0.1) is 5.41 Å². The van der Waals surface area contributed by atoms with Crippen molar-refractivity contribution in [1.82, 2.24) is 20.2 Å². The summed E-state index contributed by atoms with van der Waals surface area (Å²) in [7, 11) is 0. The lowest BCUT2D eigenvalue weighted by Gasteiger charge is -2.29. The molecule has 0 spiro atoms. The van der Waals surface area contributed by atoms with Crippen molar-refractivity contribution in [3.8, 4) is 0 Å². The molecule has 126 valence electrons. The third-order valence-corrected chi connectivity index (χ3v) is 5.34. The van der Waals surface area contributed by atoms with Crippen molar-refractivity contribution in [2.24, 2.45) is 5.41 Å². The molecule has 1 aliphatic carbocycles. The third kappa shape index (κ3) is 3.88. The molecule has 2 heterocycles. The second-order valence-electron chi connectivity index (χ2n) is 6.24. The molecule has 0 radical (unpaired) electrons. The molecule has 1 amide bonds. The van der Waals surface area contributed by atoms with Gasteiger partial charge in [0.15, 0.2) is 10.1 Å². The van der Waals surface area contributed by atoms with Crippen LogP contribution in [0.1, 0.15) is 36.3 Å². The number of nitrogen functional groups attached to an aromatic ring is 1. The third-order valence-electron chi connectivity index (χ3n) is 3.45. The number of Topliss-reactive ketones (excluding diaryl/α,β-unsaturated/α-hetero) is 1. The molecule has 0 atom stereocenters. The van der Waals surface area contributed by atoms with E-state index in [1.807, 2.05) is 13.8 Å². The first-order valence-electron chi connectivity index (χ1n) is 7.23. The largest absolute Gasteiger partial charge is 0.374 e. The number of anilines is 2. The number of nitrogens with two attached hydrogens (primary N) is 1. The quantitative estimate of drug-likeness (QED) is 0.787. The number of nitrogens with zero attached hydrogens (tertiary/aromatic N) is 4. The van der Waals surface area contributed by atoms with E-state index in [-0.39, 0.29) is 28.8 Å². The average Bonchev–Trinajstić information content (AvgIpc) is 2.89. The highest BCUT2D eigenvalue weighted by molar-refractivity contribution is 8.01. The Morgan fingerprint density at radius 1 is 1.42 bits per heavy atom. The summed E-state index contributed by atoms with van der Waals surface area (Å²) in [6.45, 7) is 4.05. The molecular formula is C14H16N6O2S2. The highest BCUT2D eigenvalue weighted by atomic mass is 32.2. The van der Waals surface area contributed by atoms with Gasteiger partial charge in [0.25, 0.3) is 0 Å². The first-order chi connectivity index (χ1) is 11.3. The molecule has 0 saturated heterocycles. The second kappa shape index (κ2) is 6.44. The Bertz CT molecular complexity index is 804. The molecule has 0 bridgehead atoms. The maximum Gasteiger partial charge on any atom is 0.237 e. The SMILES string of the molecule is CC1(C)CC(=O)c2cnc(NC(=O)CSc3nnc(N)s3)nc2C1. The number of hydrogen-bond acceptors (Lipinski definition) is 9. The molecule has 2 aromatic heterocycles. The standard InChI is InChI=1S/C14H16N6O2S2/c1-14(2)3-8-7(9(21)4-14)5-16-12(17-8)18-10(22)6-23-13-20-19-11(15)24-13/h5H,3-4,6H2,1-2H3,(H2,15,19)(H,16,17,18,22). The fraction of sp³-hybridized carbons (Fsp3) is 0.429. The molecule has 2 aromatic rings. The number of carbonyl (C=O) groups excluding carboxylic acids is 2. The van der Waals surface area contributed by atoms with E-state index in [0.29, 0.717) is 33.6 Å². The van der Waals surface area contributed by atoms with Gasteiger partial charge in [0.1, 0.15) is 0 Å². The van der Waals surface area contributed by atoms with Crippen LogP contribution >= 0.6 is 23.1 Å². The molecule has 0 fully saturated rings. The van der Waals surface area contributed by atoms with Gasteiger partial charge in [-0.2, -0.15) is 0 Å². The summed E-state index contributed by atoms with van der Waals surface area (Å²) in [6, 6.07) is 0. The highest BCUT2D eigenvalue weighted by Gasteiger charge is 2.32. The Balaban J connectivity index is 1.65. The van der Waals surface area contributed by atoms with Crippen LogP contribution in [0.4, 0.5) is 11.1 Å². The van der Waals surface area contributed by atoms with E-state index in [1.165, 1.54) is 29.3 Å². The van der Waals surface area contributed by atoms with E-state index in [1.54, 1.807) is 0 Å². The molecule has 1 aliphatic rings. The molecule has 10 heteroatoms. The summed E-state index contributed by atoms with van der Waals surface area (Å²) in [5.74, 6) is 0.153. The number of hydrogen-bond donors (Lipinski definition) is 2. The topological polar surface area (TPSA) is 124 Å². The summed E-state index contributed by atoms with van der Waals surface area (Å²) in [6.07, 6.45) is 2.66. The van der Waals surface area contributed by atoms with Crippen molar-refractivity contribution < 1.29 is 9.59 Å². The van der Waals surface area contributed by atoms with E-state index < -0.39 is 0 Å². The molecule has 3 N–H and O–H groups in total. The van der Waals surface area contributed by atoms with Crippen LogP contribution in [0.15, 0.2) is 10.5 Å². The number of carbonyl (C=O) groups is 2. The first-order valence-corrected chi connectivity index (χ1v) is 9.03. The van der Waals surface area contributed by atoms with Crippen LogP contribution in [-0.4, -0.2) is 37.6 Å². The summed E-state index contributed by atoms with van der Waals surface area (Å²) >= 11 is 2.47. The lowest BCUT2D eigenvalue weighted by atomic mass is 9.76. The number of ketones is 1. The van der Waals surface area contributed by atoms with E-state index in [9.17, 15) is 9.59 Å². The van der Waals surface area contributed by atoms with E-state index >= 15 is 0 Å². The predicted octanol–water partition coefficient (Wildman–Crippen LogP) is 1.80. The summed E-state index contributed by atoms with van der Waals surface area (Å²) < 4.78 is 0.626. The van der Waals surface area contributed by atoms with Gasteiger partial charge in [-0.3, -0.25) is 14.9 Å². The number of fused-ring (bicyclic) bond motifs is 1.